The molecule has 0 amide bonds. The van der Waals surface area contributed by atoms with Crippen molar-refractivity contribution < 1.29 is 9.53 Å². The Hall–Kier alpha value is -0.570. The smallest absolute Gasteiger partial charge is 0.302 e. The van der Waals surface area contributed by atoms with Gasteiger partial charge >= 0.3 is 5.97 Å². The molecule has 3 nitrogen and oxygen atoms in total. The Morgan fingerprint density at radius 1 is 1.60 bits per heavy atom. The third-order valence-corrected chi connectivity index (χ3v) is 1.06. The highest BCUT2D eigenvalue weighted by molar-refractivity contribution is 5.66. The van der Waals surface area contributed by atoms with Crippen LogP contribution in [0.15, 0.2) is 0 Å². The number of carbonyl (C=O) groups is 1. The van der Waals surface area contributed by atoms with Crippen molar-refractivity contribution >= 4 is 5.97 Å². The third kappa shape index (κ3) is 7.43. The maximum Gasteiger partial charge on any atom is 0.302 e. The highest BCUT2D eigenvalue weighted by Crippen LogP contribution is 1.99. The van der Waals surface area contributed by atoms with Gasteiger partial charge in [0, 0.05) is 6.92 Å². The van der Waals surface area contributed by atoms with E-state index < -0.39 is 0 Å². The molecule has 0 spiro atoms. The molecular formula is C7H17NO2. The molecule has 0 bridgehead atoms. The molecule has 62 valence electrons. The molecule has 1 atom stereocenters. The van der Waals surface area contributed by atoms with Crippen molar-refractivity contribution in [1.29, 1.82) is 0 Å². The lowest BCUT2D eigenvalue weighted by molar-refractivity contribution is -0.145. The van der Waals surface area contributed by atoms with E-state index in [2.05, 4.69) is 6.92 Å². The summed E-state index contributed by atoms with van der Waals surface area (Å²) < 4.78 is 4.85. The van der Waals surface area contributed by atoms with Gasteiger partial charge in [-0.2, -0.15) is 0 Å². The van der Waals surface area contributed by atoms with Gasteiger partial charge < -0.3 is 10.9 Å². The fraction of sp³-hybridized carbons (Fsp3) is 0.857. The zero-order valence-corrected chi connectivity index (χ0v) is 7.02. The van der Waals surface area contributed by atoms with Crippen LogP contribution in [0.3, 0.4) is 0 Å². The van der Waals surface area contributed by atoms with Crippen molar-refractivity contribution in [2.45, 2.75) is 39.7 Å². The van der Waals surface area contributed by atoms with Crippen molar-refractivity contribution in [3.8, 4) is 0 Å². The number of hydrogen-bond donors (Lipinski definition) is 1. The maximum absolute atomic E-state index is 10.3. The summed E-state index contributed by atoms with van der Waals surface area (Å²) in [6.45, 7) is 5.41. The van der Waals surface area contributed by atoms with Crippen molar-refractivity contribution in [1.82, 2.24) is 6.15 Å². The highest BCUT2D eigenvalue weighted by atomic mass is 16.5. The molecule has 0 fully saturated rings. The molecule has 10 heavy (non-hydrogen) atoms. The number of rotatable bonds is 3. The molecule has 0 saturated carbocycles. The van der Waals surface area contributed by atoms with Crippen molar-refractivity contribution in [3.63, 3.8) is 0 Å². The van der Waals surface area contributed by atoms with E-state index in [-0.39, 0.29) is 18.2 Å². The van der Waals surface area contributed by atoms with Gasteiger partial charge in [0.15, 0.2) is 0 Å². The van der Waals surface area contributed by atoms with Crippen LogP contribution in [-0.4, -0.2) is 12.1 Å². The minimum atomic E-state index is -0.184. The average Bonchev–Trinajstić information content (AvgIpc) is 1.63. The first-order valence-electron chi connectivity index (χ1n) is 3.34. The van der Waals surface area contributed by atoms with Crippen LogP contribution >= 0.6 is 0 Å². The van der Waals surface area contributed by atoms with E-state index in [9.17, 15) is 4.79 Å². The Morgan fingerprint density at radius 3 is 2.40 bits per heavy atom. The summed E-state index contributed by atoms with van der Waals surface area (Å²) in [5, 5.41) is 0. The van der Waals surface area contributed by atoms with Crippen LogP contribution < -0.4 is 6.15 Å². The van der Waals surface area contributed by atoms with E-state index in [0.29, 0.717) is 0 Å². The lowest BCUT2D eigenvalue weighted by Gasteiger charge is -2.08. The van der Waals surface area contributed by atoms with Crippen molar-refractivity contribution in [2.24, 2.45) is 0 Å². The van der Waals surface area contributed by atoms with Crippen LogP contribution in [0.4, 0.5) is 0 Å². The summed E-state index contributed by atoms with van der Waals surface area (Å²) in [7, 11) is 0. The topological polar surface area (TPSA) is 61.3 Å². The molecule has 0 aliphatic rings. The molecule has 0 aliphatic heterocycles. The Kier molecular flexibility index (Phi) is 7.95. The summed E-state index contributed by atoms with van der Waals surface area (Å²) in [6.07, 6.45) is 2.11. The molecule has 0 radical (unpaired) electrons. The molecule has 0 aromatic rings. The monoisotopic (exact) mass is 147 g/mol. The van der Waals surface area contributed by atoms with E-state index in [1.807, 2.05) is 6.92 Å². The van der Waals surface area contributed by atoms with Gasteiger partial charge in [0.05, 0.1) is 6.10 Å². The second-order valence-electron chi connectivity index (χ2n) is 2.21. The standard InChI is InChI=1S/C7H14O2.H3N/c1-4-5-6(2)9-7(3)8;/h6H,4-5H2,1-3H3;1H3. The normalized spacial score (nSPS) is 11.5. The van der Waals surface area contributed by atoms with Gasteiger partial charge in [0.1, 0.15) is 0 Å². The van der Waals surface area contributed by atoms with E-state index in [4.69, 9.17) is 4.74 Å². The summed E-state index contributed by atoms with van der Waals surface area (Å²) in [5.74, 6) is -0.184. The lowest BCUT2D eigenvalue weighted by Crippen LogP contribution is -2.11. The minimum absolute atomic E-state index is 0. The zero-order valence-electron chi connectivity index (χ0n) is 7.02. The van der Waals surface area contributed by atoms with Crippen LogP contribution in [0.2, 0.25) is 0 Å². The molecule has 1 unspecified atom stereocenters. The Balaban J connectivity index is 0. The fourth-order valence-corrected chi connectivity index (χ4v) is 0.749. The fourth-order valence-electron chi connectivity index (χ4n) is 0.749. The predicted octanol–water partition coefficient (Wildman–Crippen LogP) is 1.90. The van der Waals surface area contributed by atoms with Gasteiger partial charge in [0.25, 0.3) is 0 Å². The summed E-state index contributed by atoms with van der Waals surface area (Å²) >= 11 is 0. The molecule has 0 aromatic carbocycles. The molecule has 0 saturated heterocycles. The second-order valence-corrected chi connectivity index (χ2v) is 2.21. The SMILES string of the molecule is CCCC(C)OC(C)=O.N. The van der Waals surface area contributed by atoms with E-state index in [1.54, 1.807) is 0 Å². The molecule has 3 N–H and O–H groups in total. The maximum atomic E-state index is 10.3. The van der Waals surface area contributed by atoms with Gasteiger partial charge in [-0.15, -0.1) is 0 Å². The quantitative estimate of drug-likeness (QED) is 0.620. The summed E-state index contributed by atoms with van der Waals surface area (Å²) in [6, 6.07) is 0. The van der Waals surface area contributed by atoms with Crippen LogP contribution in [-0.2, 0) is 9.53 Å². The van der Waals surface area contributed by atoms with Crippen molar-refractivity contribution in [3.05, 3.63) is 0 Å². The molecule has 0 rings (SSSR count). The van der Waals surface area contributed by atoms with Gasteiger partial charge in [-0.25, -0.2) is 0 Å². The molecule has 0 aromatic heterocycles. The number of ether oxygens (including phenoxy) is 1. The predicted molar refractivity (Wildman–Crippen MR) is 41.2 cm³/mol. The average molecular weight is 147 g/mol. The Labute approximate surface area is 62.3 Å². The first-order chi connectivity index (χ1) is 4.16. The van der Waals surface area contributed by atoms with Crippen molar-refractivity contribution in [2.75, 3.05) is 0 Å². The van der Waals surface area contributed by atoms with E-state index in [0.717, 1.165) is 12.8 Å². The largest absolute Gasteiger partial charge is 0.463 e. The zero-order chi connectivity index (χ0) is 7.28. The molecule has 3 heteroatoms. The van der Waals surface area contributed by atoms with Gasteiger partial charge in [-0.1, -0.05) is 13.3 Å². The van der Waals surface area contributed by atoms with Crippen LogP contribution in [0.25, 0.3) is 0 Å². The van der Waals surface area contributed by atoms with Crippen LogP contribution in [0, 0.1) is 0 Å². The summed E-state index contributed by atoms with van der Waals surface area (Å²) in [5.41, 5.74) is 0. The number of esters is 1. The molecule has 0 aliphatic carbocycles. The van der Waals surface area contributed by atoms with Crippen LogP contribution in [0.5, 0.6) is 0 Å². The van der Waals surface area contributed by atoms with Gasteiger partial charge in [0.2, 0.25) is 0 Å². The highest BCUT2D eigenvalue weighted by Gasteiger charge is 2.01. The van der Waals surface area contributed by atoms with E-state index in [1.165, 1.54) is 6.92 Å². The number of carbonyl (C=O) groups excluding carboxylic acids is 1. The Morgan fingerprint density at radius 2 is 2.10 bits per heavy atom. The summed E-state index contributed by atoms with van der Waals surface area (Å²) in [4.78, 5) is 10.3. The van der Waals surface area contributed by atoms with E-state index >= 15 is 0 Å². The number of hydrogen-bond acceptors (Lipinski definition) is 3. The Bertz CT molecular complexity index is 93.6. The second kappa shape index (κ2) is 6.55. The first-order valence-corrected chi connectivity index (χ1v) is 3.34. The minimum Gasteiger partial charge on any atom is -0.463 e. The molecular weight excluding hydrogens is 130 g/mol. The van der Waals surface area contributed by atoms with Gasteiger partial charge in [-0.3, -0.25) is 4.79 Å². The third-order valence-electron chi connectivity index (χ3n) is 1.06. The lowest BCUT2D eigenvalue weighted by atomic mass is 10.2. The van der Waals surface area contributed by atoms with Crippen LogP contribution in [0.1, 0.15) is 33.6 Å². The first kappa shape index (κ1) is 12.1. The molecule has 0 heterocycles. The van der Waals surface area contributed by atoms with Gasteiger partial charge in [-0.05, 0) is 13.3 Å².